The maximum atomic E-state index is 11.2. The van der Waals surface area contributed by atoms with Crippen molar-refractivity contribution < 1.29 is 9.90 Å². The van der Waals surface area contributed by atoms with Gasteiger partial charge in [0.1, 0.15) is 5.75 Å². The minimum atomic E-state index is -0.0197. The number of amides is 1. The average molecular weight is 192 g/mol. The highest BCUT2D eigenvalue weighted by atomic mass is 16.3. The minimum Gasteiger partial charge on any atom is -0.508 e. The third-order valence-corrected chi connectivity index (χ3v) is 2.48. The number of phenols is 1. The molecule has 4 nitrogen and oxygen atoms in total. The van der Waals surface area contributed by atoms with Gasteiger partial charge >= 0.3 is 0 Å². The topological polar surface area (TPSA) is 66.6 Å². The maximum Gasteiger partial charge on any atom is 0.223 e. The lowest BCUT2D eigenvalue weighted by Crippen LogP contribution is -2.25. The Morgan fingerprint density at radius 3 is 2.93 bits per heavy atom. The van der Waals surface area contributed by atoms with Crippen molar-refractivity contribution >= 4 is 17.3 Å². The van der Waals surface area contributed by atoms with E-state index in [4.69, 9.17) is 5.73 Å². The van der Waals surface area contributed by atoms with Crippen molar-refractivity contribution in [2.45, 2.75) is 13.3 Å². The Hall–Kier alpha value is -1.71. The van der Waals surface area contributed by atoms with Crippen molar-refractivity contribution in [1.29, 1.82) is 0 Å². The lowest BCUT2D eigenvalue weighted by Gasteiger charge is -2.15. The van der Waals surface area contributed by atoms with E-state index in [0.717, 1.165) is 11.3 Å². The molecule has 0 radical (unpaired) electrons. The molecular formula is C10H12N2O2. The fraction of sp³-hybridized carbons (Fsp3) is 0.300. The molecule has 0 unspecified atom stereocenters. The van der Waals surface area contributed by atoms with E-state index in [1.807, 2.05) is 0 Å². The number of nitrogens with zero attached hydrogens (tertiary/aromatic N) is 1. The Balaban J connectivity index is 2.54. The standard InChI is InChI=1S/C10H12N2O2/c1-6(13)12-3-2-8-9(12)4-7(11)5-10(8)14/h4-5,14H,2-3,11H2,1H3. The first-order chi connectivity index (χ1) is 6.59. The van der Waals surface area contributed by atoms with Gasteiger partial charge in [-0.2, -0.15) is 0 Å². The highest BCUT2D eigenvalue weighted by molar-refractivity contribution is 5.95. The Kier molecular flexibility index (Phi) is 1.84. The van der Waals surface area contributed by atoms with Crippen LogP contribution in [0.3, 0.4) is 0 Å². The zero-order chi connectivity index (χ0) is 10.3. The smallest absolute Gasteiger partial charge is 0.223 e. The van der Waals surface area contributed by atoms with Gasteiger partial charge in [-0.05, 0) is 12.5 Å². The fourth-order valence-electron chi connectivity index (χ4n) is 1.83. The molecule has 0 saturated carbocycles. The van der Waals surface area contributed by atoms with Gasteiger partial charge in [0.05, 0.1) is 5.69 Å². The number of aromatic hydroxyl groups is 1. The highest BCUT2D eigenvalue weighted by Crippen LogP contribution is 2.36. The van der Waals surface area contributed by atoms with Gasteiger partial charge in [-0.3, -0.25) is 4.79 Å². The molecule has 14 heavy (non-hydrogen) atoms. The summed E-state index contributed by atoms with van der Waals surface area (Å²) in [5.74, 6) is 0.164. The number of hydrogen-bond donors (Lipinski definition) is 2. The first-order valence-electron chi connectivity index (χ1n) is 4.49. The molecule has 4 heteroatoms. The lowest BCUT2D eigenvalue weighted by atomic mass is 10.1. The molecule has 3 N–H and O–H groups in total. The van der Waals surface area contributed by atoms with Crippen LogP contribution in [0.2, 0.25) is 0 Å². The number of phenolic OH excluding ortho intramolecular Hbond substituents is 1. The number of carbonyl (C=O) groups excluding carboxylic acids is 1. The molecule has 2 rings (SSSR count). The van der Waals surface area contributed by atoms with E-state index < -0.39 is 0 Å². The molecule has 74 valence electrons. The molecule has 0 atom stereocenters. The number of benzene rings is 1. The number of nitrogen functional groups attached to an aromatic ring is 1. The third-order valence-electron chi connectivity index (χ3n) is 2.48. The summed E-state index contributed by atoms with van der Waals surface area (Å²) in [4.78, 5) is 12.9. The van der Waals surface area contributed by atoms with Crippen LogP contribution in [0.15, 0.2) is 12.1 Å². The fourth-order valence-corrected chi connectivity index (χ4v) is 1.83. The van der Waals surface area contributed by atoms with Crippen LogP contribution >= 0.6 is 0 Å². The minimum absolute atomic E-state index is 0.0197. The molecule has 0 spiro atoms. The zero-order valence-corrected chi connectivity index (χ0v) is 7.95. The molecule has 1 aliphatic heterocycles. The van der Waals surface area contributed by atoms with Crippen molar-refractivity contribution in [2.75, 3.05) is 17.2 Å². The summed E-state index contributed by atoms with van der Waals surface area (Å²) >= 11 is 0. The molecule has 0 fully saturated rings. The largest absolute Gasteiger partial charge is 0.508 e. The van der Waals surface area contributed by atoms with Crippen molar-refractivity contribution in [3.63, 3.8) is 0 Å². The Labute approximate surface area is 81.9 Å². The zero-order valence-electron chi connectivity index (χ0n) is 7.95. The quantitative estimate of drug-likeness (QED) is 0.600. The van der Waals surface area contributed by atoms with Gasteiger partial charge in [-0.25, -0.2) is 0 Å². The number of carbonyl (C=O) groups is 1. The van der Waals surface area contributed by atoms with Crippen molar-refractivity contribution in [3.05, 3.63) is 17.7 Å². The normalized spacial score (nSPS) is 14.2. The molecule has 1 aromatic carbocycles. The molecular weight excluding hydrogens is 180 g/mol. The number of hydrogen-bond acceptors (Lipinski definition) is 3. The second-order valence-corrected chi connectivity index (χ2v) is 3.46. The third kappa shape index (κ3) is 1.19. The molecule has 0 aliphatic carbocycles. The van der Waals surface area contributed by atoms with Crippen LogP contribution < -0.4 is 10.6 Å². The second-order valence-electron chi connectivity index (χ2n) is 3.46. The number of nitrogens with two attached hydrogens (primary N) is 1. The molecule has 1 amide bonds. The maximum absolute atomic E-state index is 11.2. The predicted octanol–water partition coefficient (Wildman–Crippen LogP) is 0.883. The van der Waals surface area contributed by atoms with E-state index in [9.17, 15) is 9.90 Å². The van der Waals surface area contributed by atoms with Crippen LogP contribution in [-0.2, 0) is 11.2 Å². The Morgan fingerprint density at radius 2 is 2.29 bits per heavy atom. The van der Waals surface area contributed by atoms with Gasteiger partial charge in [0.2, 0.25) is 5.91 Å². The molecule has 0 aromatic heterocycles. The monoisotopic (exact) mass is 192 g/mol. The van der Waals surface area contributed by atoms with Crippen LogP contribution in [0.25, 0.3) is 0 Å². The number of fused-ring (bicyclic) bond motifs is 1. The van der Waals surface area contributed by atoms with Crippen LogP contribution in [0.5, 0.6) is 5.75 Å². The van der Waals surface area contributed by atoms with Crippen molar-refractivity contribution in [2.24, 2.45) is 0 Å². The summed E-state index contributed by atoms with van der Waals surface area (Å²) in [7, 11) is 0. The molecule has 1 aliphatic rings. The molecule has 0 bridgehead atoms. The Bertz CT molecular complexity index is 401. The van der Waals surface area contributed by atoms with Gasteiger partial charge in [-0.1, -0.05) is 0 Å². The molecule has 1 aromatic rings. The van der Waals surface area contributed by atoms with Gasteiger partial charge in [0, 0.05) is 30.8 Å². The van der Waals surface area contributed by atoms with E-state index in [1.165, 1.54) is 13.0 Å². The van der Waals surface area contributed by atoms with E-state index in [-0.39, 0.29) is 11.7 Å². The Morgan fingerprint density at radius 1 is 1.57 bits per heavy atom. The van der Waals surface area contributed by atoms with E-state index in [2.05, 4.69) is 0 Å². The lowest BCUT2D eigenvalue weighted by molar-refractivity contribution is -0.116. The van der Waals surface area contributed by atoms with Crippen molar-refractivity contribution in [1.82, 2.24) is 0 Å². The highest BCUT2D eigenvalue weighted by Gasteiger charge is 2.24. The van der Waals surface area contributed by atoms with Gasteiger partial charge in [0.25, 0.3) is 0 Å². The number of rotatable bonds is 0. The first kappa shape index (κ1) is 8.87. The van der Waals surface area contributed by atoms with Gasteiger partial charge < -0.3 is 15.7 Å². The van der Waals surface area contributed by atoms with E-state index in [1.54, 1.807) is 11.0 Å². The summed E-state index contributed by atoms with van der Waals surface area (Å²) in [6.45, 7) is 2.14. The average Bonchev–Trinajstić information content (AvgIpc) is 2.47. The van der Waals surface area contributed by atoms with Crippen LogP contribution in [0.1, 0.15) is 12.5 Å². The summed E-state index contributed by atoms with van der Waals surface area (Å²) in [5, 5.41) is 9.59. The predicted molar refractivity (Wildman–Crippen MR) is 54.3 cm³/mol. The number of anilines is 2. The molecule has 1 heterocycles. The van der Waals surface area contributed by atoms with Gasteiger partial charge in [-0.15, -0.1) is 0 Å². The van der Waals surface area contributed by atoms with Crippen LogP contribution in [0.4, 0.5) is 11.4 Å². The van der Waals surface area contributed by atoms with Crippen molar-refractivity contribution in [3.8, 4) is 5.75 Å². The van der Waals surface area contributed by atoms with Crippen LogP contribution in [0, 0.1) is 0 Å². The first-order valence-corrected chi connectivity index (χ1v) is 4.49. The van der Waals surface area contributed by atoms with Gasteiger partial charge in [0.15, 0.2) is 0 Å². The molecule has 0 saturated heterocycles. The van der Waals surface area contributed by atoms with E-state index in [0.29, 0.717) is 18.7 Å². The second kappa shape index (κ2) is 2.90. The summed E-state index contributed by atoms with van der Waals surface area (Å²) in [6.07, 6.45) is 0.695. The summed E-state index contributed by atoms with van der Waals surface area (Å²) in [6, 6.07) is 3.24. The summed E-state index contributed by atoms with van der Waals surface area (Å²) in [5.41, 5.74) is 7.64. The van der Waals surface area contributed by atoms with E-state index >= 15 is 0 Å². The summed E-state index contributed by atoms with van der Waals surface area (Å²) < 4.78 is 0. The SMILES string of the molecule is CC(=O)N1CCc2c(O)cc(N)cc21. The van der Waals surface area contributed by atoms with Crippen LogP contribution in [-0.4, -0.2) is 17.6 Å².